The van der Waals surface area contributed by atoms with E-state index in [9.17, 15) is 19.2 Å². The second-order valence-corrected chi connectivity index (χ2v) is 9.02. The first-order chi connectivity index (χ1) is 17.5. The number of carbonyl (C=O) groups excluding carboxylic acids is 3. The molecule has 0 unspecified atom stereocenters. The summed E-state index contributed by atoms with van der Waals surface area (Å²) < 4.78 is 1.20. The van der Waals surface area contributed by atoms with Crippen LogP contribution in [0.1, 0.15) is 41.7 Å². The number of amides is 2. The van der Waals surface area contributed by atoms with E-state index >= 15 is 0 Å². The van der Waals surface area contributed by atoms with Gasteiger partial charge < -0.3 is 9.80 Å². The van der Waals surface area contributed by atoms with Crippen molar-refractivity contribution in [1.82, 2.24) is 14.4 Å². The molecule has 2 aromatic carbocycles. The van der Waals surface area contributed by atoms with E-state index in [4.69, 9.17) is 0 Å². The number of rotatable bonds is 8. The molecule has 1 atom stereocenters. The molecular weight excluding hydrogens is 454 g/mol. The van der Waals surface area contributed by atoms with Gasteiger partial charge in [-0.3, -0.25) is 23.7 Å². The molecule has 2 amide bonds. The van der Waals surface area contributed by atoms with E-state index in [2.05, 4.69) is 0 Å². The average Bonchev–Trinajstić information content (AvgIpc) is 2.93. The fraction of sp³-hybridized carbons (Fsp3) is 0.310. The second-order valence-electron chi connectivity index (χ2n) is 9.02. The monoisotopic (exact) mass is 485 g/mol. The predicted octanol–water partition coefficient (Wildman–Crippen LogP) is 3.56. The van der Waals surface area contributed by atoms with E-state index in [1.165, 1.54) is 16.8 Å². The summed E-state index contributed by atoms with van der Waals surface area (Å²) in [6, 6.07) is 21.7. The maximum Gasteiger partial charge on any atom is 0.253 e. The summed E-state index contributed by atoms with van der Waals surface area (Å²) in [6.07, 6.45) is 2.52. The Kier molecular flexibility index (Phi) is 8.10. The zero-order valence-electron chi connectivity index (χ0n) is 20.5. The topological polar surface area (TPSA) is 79.7 Å². The molecule has 0 radical (unpaired) electrons. The summed E-state index contributed by atoms with van der Waals surface area (Å²) in [5.41, 5.74) is 1.04. The number of piperidine rings is 1. The molecule has 1 saturated heterocycles. The van der Waals surface area contributed by atoms with Crippen molar-refractivity contribution in [1.29, 1.82) is 0 Å². The fourth-order valence-electron chi connectivity index (χ4n) is 4.70. The van der Waals surface area contributed by atoms with Gasteiger partial charge in [0.25, 0.3) is 11.5 Å². The van der Waals surface area contributed by atoms with Gasteiger partial charge in [0, 0.05) is 49.9 Å². The van der Waals surface area contributed by atoms with Crippen LogP contribution in [0.3, 0.4) is 0 Å². The van der Waals surface area contributed by atoms with Gasteiger partial charge in [0.15, 0.2) is 11.8 Å². The lowest BCUT2D eigenvalue weighted by molar-refractivity contribution is -0.142. The lowest BCUT2D eigenvalue weighted by Crippen LogP contribution is -2.48. The molecule has 7 heteroatoms. The molecule has 0 aliphatic carbocycles. The molecule has 1 fully saturated rings. The molecule has 186 valence electrons. The third kappa shape index (κ3) is 5.62. The van der Waals surface area contributed by atoms with Gasteiger partial charge in [-0.15, -0.1) is 0 Å². The summed E-state index contributed by atoms with van der Waals surface area (Å²) in [6.45, 7) is 3.85. The van der Waals surface area contributed by atoms with Gasteiger partial charge in [-0.05, 0) is 31.4 Å². The van der Waals surface area contributed by atoms with Crippen LogP contribution in [-0.2, 0) is 16.1 Å². The first kappa shape index (κ1) is 25.1. The van der Waals surface area contributed by atoms with Crippen molar-refractivity contribution < 1.29 is 14.4 Å². The molecule has 36 heavy (non-hydrogen) atoms. The molecule has 1 aliphatic heterocycles. The minimum absolute atomic E-state index is 0.0876. The minimum Gasteiger partial charge on any atom is -0.340 e. The van der Waals surface area contributed by atoms with E-state index in [1.807, 2.05) is 42.2 Å². The summed E-state index contributed by atoms with van der Waals surface area (Å²) in [4.78, 5) is 56.3. The maximum absolute atomic E-state index is 13.6. The van der Waals surface area contributed by atoms with Crippen LogP contribution in [0, 0.1) is 5.92 Å². The summed E-state index contributed by atoms with van der Waals surface area (Å²) in [7, 11) is 0. The molecule has 3 aromatic rings. The van der Waals surface area contributed by atoms with Gasteiger partial charge >= 0.3 is 0 Å². The first-order valence-corrected chi connectivity index (χ1v) is 12.4. The van der Waals surface area contributed by atoms with Crippen LogP contribution >= 0.6 is 0 Å². The van der Waals surface area contributed by atoms with Gasteiger partial charge in [-0.1, -0.05) is 66.7 Å². The van der Waals surface area contributed by atoms with Crippen LogP contribution in [0.2, 0.25) is 0 Å². The number of likely N-dealkylation sites (tertiary alicyclic amines) is 1. The van der Waals surface area contributed by atoms with Crippen molar-refractivity contribution in [3.05, 3.63) is 107 Å². The van der Waals surface area contributed by atoms with Crippen molar-refractivity contribution >= 4 is 17.6 Å². The van der Waals surface area contributed by atoms with Crippen LogP contribution in [0.5, 0.6) is 0 Å². The molecule has 1 aliphatic rings. The average molecular weight is 486 g/mol. The highest BCUT2D eigenvalue weighted by Crippen LogP contribution is 2.24. The number of nitrogens with zero attached hydrogens (tertiary/aromatic N) is 3. The smallest absolute Gasteiger partial charge is 0.253 e. The molecule has 0 spiro atoms. The summed E-state index contributed by atoms with van der Waals surface area (Å²) in [5, 5.41) is 0. The number of hydrogen-bond acceptors (Lipinski definition) is 4. The molecule has 7 nitrogen and oxygen atoms in total. The molecule has 0 bridgehead atoms. The number of Topliss-reactive ketones (excluding diaryl/α,β-unsaturated/α-hetero) is 1. The van der Waals surface area contributed by atoms with E-state index in [-0.39, 0.29) is 11.8 Å². The Balaban J connectivity index is 1.48. The number of carbonyl (C=O) groups is 3. The van der Waals surface area contributed by atoms with Crippen molar-refractivity contribution in [2.45, 2.75) is 32.4 Å². The van der Waals surface area contributed by atoms with Crippen molar-refractivity contribution in [2.24, 2.45) is 5.92 Å². The lowest BCUT2D eigenvalue weighted by Gasteiger charge is -2.35. The molecule has 2 heterocycles. The number of hydrogen-bond donors (Lipinski definition) is 0. The van der Waals surface area contributed by atoms with E-state index < -0.39 is 23.3 Å². The third-order valence-corrected chi connectivity index (χ3v) is 6.74. The van der Waals surface area contributed by atoms with Crippen LogP contribution in [0.15, 0.2) is 89.9 Å². The zero-order valence-corrected chi connectivity index (χ0v) is 20.5. The number of pyridine rings is 1. The highest BCUT2D eigenvalue weighted by Gasteiger charge is 2.36. The van der Waals surface area contributed by atoms with Crippen molar-refractivity contribution in [3.8, 4) is 0 Å². The van der Waals surface area contributed by atoms with Gasteiger partial charge in [0.05, 0.1) is 0 Å². The van der Waals surface area contributed by atoms with E-state index in [1.54, 1.807) is 47.4 Å². The summed E-state index contributed by atoms with van der Waals surface area (Å²) in [5.74, 6) is -0.933. The zero-order chi connectivity index (χ0) is 25.5. The Morgan fingerprint density at radius 1 is 0.889 bits per heavy atom. The predicted molar refractivity (Wildman–Crippen MR) is 137 cm³/mol. The van der Waals surface area contributed by atoms with Crippen molar-refractivity contribution in [2.75, 3.05) is 19.6 Å². The minimum atomic E-state index is -1.28. The Morgan fingerprint density at radius 2 is 1.50 bits per heavy atom. The Morgan fingerprint density at radius 3 is 2.11 bits per heavy atom. The molecule has 4 rings (SSSR count). The molecule has 1 aromatic heterocycles. The Bertz CT molecular complexity index is 1250. The van der Waals surface area contributed by atoms with Gasteiger partial charge in [0.2, 0.25) is 5.91 Å². The highest BCUT2D eigenvalue weighted by atomic mass is 16.2. The van der Waals surface area contributed by atoms with Crippen molar-refractivity contribution in [3.63, 3.8) is 0 Å². The van der Waals surface area contributed by atoms with Crippen LogP contribution in [0.4, 0.5) is 0 Å². The van der Waals surface area contributed by atoms with Gasteiger partial charge in [-0.2, -0.15) is 0 Å². The molecule has 0 saturated carbocycles. The molecular formula is C29H31N3O4. The number of aromatic nitrogens is 1. The normalized spacial score (nSPS) is 14.8. The van der Waals surface area contributed by atoms with Gasteiger partial charge in [0.1, 0.15) is 0 Å². The van der Waals surface area contributed by atoms with E-state index in [0.29, 0.717) is 44.6 Å². The number of benzene rings is 2. The second kappa shape index (κ2) is 11.6. The fourth-order valence-corrected chi connectivity index (χ4v) is 4.70. The maximum atomic E-state index is 13.6. The Hall–Kier alpha value is -4.00. The van der Waals surface area contributed by atoms with Crippen LogP contribution in [0.25, 0.3) is 0 Å². The first-order valence-electron chi connectivity index (χ1n) is 12.4. The van der Waals surface area contributed by atoms with Gasteiger partial charge in [-0.25, -0.2) is 0 Å². The third-order valence-electron chi connectivity index (χ3n) is 6.74. The number of ketones is 1. The highest BCUT2D eigenvalue weighted by molar-refractivity contribution is 6.11. The largest absolute Gasteiger partial charge is 0.340 e. The van der Waals surface area contributed by atoms with Crippen LogP contribution in [-0.4, -0.2) is 51.6 Å². The van der Waals surface area contributed by atoms with E-state index in [0.717, 1.165) is 5.56 Å². The lowest BCUT2D eigenvalue weighted by atomic mass is 9.93. The Labute approximate surface area is 211 Å². The SMILES string of the molecule is CCN(Cc1ccccc1)C(=O)C1CCN(C(=O)[C@H](C(=O)c2ccccc2)n2ccccc2=O)CC1. The summed E-state index contributed by atoms with van der Waals surface area (Å²) >= 11 is 0. The molecule has 0 N–H and O–H groups in total. The van der Waals surface area contributed by atoms with Crippen LogP contribution < -0.4 is 5.56 Å². The quantitative estimate of drug-likeness (QED) is 0.361. The standard InChI is InChI=1S/C29H31N3O4/c1-2-30(21-22-11-5-3-6-12-22)28(35)24-16-19-31(20-17-24)29(36)26(32-18-10-9-15-25(32)33)27(34)23-13-7-4-8-14-23/h3-15,18,24,26H,2,16-17,19-21H2,1H3/t26-/m0/s1.